The molecule has 1 atom stereocenters. The lowest BCUT2D eigenvalue weighted by atomic mass is 9.94. The largest absolute Gasteiger partial charge is 0.481 e. The predicted octanol–water partition coefficient (Wildman–Crippen LogP) is 1.71. The Labute approximate surface area is 134 Å². The van der Waals surface area contributed by atoms with Gasteiger partial charge in [-0.25, -0.2) is 0 Å². The van der Waals surface area contributed by atoms with E-state index in [2.05, 4.69) is 5.32 Å². The summed E-state index contributed by atoms with van der Waals surface area (Å²) in [6.45, 7) is 2.56. The molecule has 1 unspecified atom stereocenters. The number of amides is 1. The number of ketones is 1. The van der Waals surface area contributed by atoms with Crippen molar-refractivity contribution in [2.24, 2.45) is 0 Å². The molecule has 1 amide bonds. The highest BCUT2D eigenvalue weighted by molar-refractivity contribution is 5.98. The molecule has 1 heterocycles. The molecule has 1 aromatic rings. The molecule has 6 nitrogen and oxygen atoms in total. The third-order valence-corrected chi connectivity index (χ3v) is 3.95. The summed E-state index contributed by atoms with van der Waals surface area (Å²) in [6, 6.07) is 7.19. The minimum atomic E-state index is -0.980. The van der Waals surface area contributed by atoms with Gasteiger partial charge >= 0.3 is 5.97 Å². The normalized spacial score (nSPS) is 20.2. The Balaban J connectivity index is 1.87. The van der Waals surface area contributed by atoms with Crippen LogP contribution in [0.4, 0.5) is 0 Å². The maximum Gasteiger partial charge on any atom is 0.305 e. The van der Waals surface area contributed by atoms with E-state index in [9.17, 15) is 14.4 Å². The molecule has 0 spiro atoms. The van der Waals surface area contributed by atoms with Gasteiger partial charge in [-0.2, -0.15) is 0 Å². The van der Waals surface area contributed by atoms with Crippen molar-refractivity contribution in [3.8, 4) is 0 Å². The summed E-state index contributed by atoms with van der Waals surface area (Å²) in [5, 5.41) is 11.7. The van der Waals surface area contributed by atoms with Crippen LogP contribution in [-0.4, -0.2) is 41.5 Å². The van der Waals surface area contributed by atoms with Gasteiger partial charge in [-0.3, -0.25) is 14.4 Å². The summed E-state index contributed by atoms with van der Waals surface area (Å²) in [4.78, 5) is 35.1. The van der Waals surface area contributed by atoms with Crippen LogP contribution in [0.5, 0.6) is 0 Å². The zero-order chi connectivity index (χ0) is 16.9. The minimum Gasteiger partial charge on any atom is -0.481 e. The first-order valence-corrected chi connectivity index (χ1v) is 7.61. The average Bonchev–Trinajstić information content (AvgIpc) is 2.92. The molecule has 0 aromatic heterocycles. The van der Waals surface area contributed by atoms with Crippen LogP contribution in [0.2, 0.25) is 0 Å². The van der Waals surface area contributed by atoms with Crippen LogP contribution in [0.15, 0.2) is 24.3 Å². The Morgan fingerprint density at radius 1 is 1.22 bits per heavy atom. The van der Waals surface area contributed by atoms with Gasteiger partial charge in [-0.1, -0.05) is 29.8 Å². The van der Waals surface area contributed by atoms with Crippen molar-refractivity contribution >= 4 is 17.7 Å². The summed E-state index contributed by atoms with van der Waals surface area (Å²) < 4.78 is 5.22. The number of carboxylic acids is 1. The summed E-state index contributed by atoms with van der Waals surface area (Å²) in [5.41, 5.74) is 0.791. The molecule has 0 bridgehead atoms. The smallest absolute Gasteiger partial charge is 0.305 e. The van der Waals surface area contributed by atoms with E-state index >= 15 is 0 Å². The third-order valence-electron chi connectivity index (χ3n) is 3.95. The van der Waals surface area contributed by atoms with Crippen LogP contribution < -0.4 is 5.32 Å². The lowest BCUT2D eigenvalue weighted by Gasteiger charge is -2.26. The van der Waals surface area contributed by atoms with Gasteiger partial charge < -0.3 is 15.2 Å². The summed E-state index contributed by atoms with van der Waals surface area (Å²) >= 11 is 0. The van der Waals surface area contributed by atoms with E-state index in [0.717, 1.165) is 5.56 Å². The van der Waals surface area contributed by atoms with Crippen LogP contribution in [0.3, 0.4) is 0 Å². The zero-order valence-corrected chi connectivity index (χ0v) is 13.1. The van der Waals surface area contributed by atoms with Crippen molar-refractivity contribution in [3.63, 3.8) is 0 Å². The molecule has 1 fully saturated rings. The monoisotopic (exact) mass is 319 g/mol. The Kier molecular flexibility index (Phi) is 5.50. The standard InChI is InChI=1S/C17H21NO5/c1-12-2-4-13(5-3-12)14(19)6-7-15(20)18-17(10-16(21)22)8-9-23-11-17/h2-5H,6-11H2,1H3,(H,18,20)(H,21,22). The average molecular weight is 319 g/mol. The molecule has 0 radical (unpaired) electrons. The molecule has 1 aromatic carbocycles. The lowest BCUT2D eigenvalue weighted by molar-refractivity contribution is -0.139. The third kappa shape index (κ3) is 4.89. The second-order valence-electron chi connectivity index (χ2n) is 5.99. The second kappa shape index (κ2) is 7.37. The first-order chi connectivity index (χ1) is 10.9. The number of carboxylic acid groups (broad SMARTS) is 1. The predicted molar refractivity (Wildman–Crippen MR) is 83.3 cm³/mol. The van der Waals surface area contributed by atoms with Gasteiger partial charge in [-0.05, 0) is 13.3 Å². The topological polar surface area (TPSA) is 92.7 Å². The summed E-state index contributed by atoms with van der Waals surface area (Å²) in [7, 11) is 0. The number of hydrogen-bond donors (Lipinski definition) is 2. The number of aliphatic carboxylic acids is 1. The maximum absolute atomic E-state index is 12.1. The van der Waals surface area contributed by atoms with Crippen molar-refractivity contribution in [1.29, 1.82) is 0 Å². The maximum atomic E-state index is 12.1. The number of Topliss-reactive ketones (excluding diaryl/α,β-unsaturated/α-hetero) is 1. The van der Waals surface area contributed by atoms with Crippen molar-refractivity contribution in [1.82, 2.24) is 5.32 Å². The summed E-state index contributed by atoms with van der Waals surface area (Å²) in [6.07, 6.45) is 0.425. The number of carbonyl (C=O) groups is 3. The fourth-order valence-corrected chi connectivity index (χ4v) is 2.65. The van der Waals surface area contributed by atoms with Crippen LogP contribution in [0, 0.1) is 6.92 Å². The number of benzene rings is 1. The molecule has 124 valence electrons. The molecular formula is C17H21NO5. The minimum absolute atomic E-state index is 0.0358. The lowest BCUT2D eigenvalue weighted by Crippen LogP contribution is -2.50. The van der Waals surface area contributed by atoms with Crippen molar-refractivity contribution in [3.05, 3.63) is 35.4 Å². The number of hydrogen-bond acceptors (Lipinski definition) is 4. The van der Waals surface area contributed by atoms with Crippen molar-refractivity contribution in [2.45, 2.75) is 38.1 Å². The van der Waals surface area contributed by atoms with Gasteiger partial charge in [0.2, 0.25) is 5.91 Å². The molecule has 6 heteroatoms. The molecule has 1 saturated heterocycles. The van der Waals surface area contributed by atoms with Crippen LogP contribution in [0.25, 0.3) is 0 Å². The highest BCUT2D eigenvalue weighted by atomic mass is 16.5. The van der Waals surface area contributed by atoms with Crippen LogP contribution in [-0.2, 0) is 14.3 Å². The Morgan fingerprint density at radius 2 is 1.91 bits per heavy atom. The highest BCUT2D eigenvalue weighted by Gasteiger charge is 2.38. The van der Waals surface area contributed by atoms with E-state index in [-0.39, 0.29) is 37.6 Å². The number of carbonyl (C=O) groups excluding carboxylic acids is 2. The SMILES string of the molecule is Cc1ccc(C(=O)CCC(=O)NC2(CC(=O)O)CCOC2)cc1. The molecule has 23 heavy (non-hydrogen) atoms. The van der Waals surface area contributed by atoms with E-state index in [0.29, 0.717) is 18.6 Å². The van der Waals surface area contributed by atoms with E-state index in [1.165, 1.54) is 0 Å². The molecule has 2 rings (SSSR count). The highest BCUT2D eigenvalue weighted by Crippen LogP contribution is 2.23. The quantitative estimate of drug-likeness (QED) is 0.746. The molecule has 0 aliphatic carbocycles. The zero-order valence-electron chi connectivity index (χ0n) is 13.1. The number of nitrogens with one attached hydrogen (secondary N) is 1. The van der Waals surface area contributed by atoms with Crippen molar-refractivity contribution < 1.29 is 24.2 Å². The molecule has 1 aliphatic heterocycles. The van der Waals surface area contributed by atoms with E-state index in [1.807, 2.05) is 19.1 Å². The molecule has 0 saturated carbocycles. The second-order valence-corrected chi connectivity index (χ2v) is 5.99. The van der Waals surface area contributed by atoms with E-state index in [4.69, 9.17) is 9.84 Å². The molecule has 2 N–H and O–H groups in total. The molecule has 1 aliphatic rings. The van der Waals surface area contributed by atoms with Crippen LogP contribution >= 0.6 is 0 Å². The number of rotatable bonds is 7. The van der Waals surface area contributed by atoms with E-state index < -0.39 is 11.5 Å². The Bertz CT molecular complexity index is 588. The van der Waals surface area contributed by atoms with Gasteiger partial charge in [0.05, 0.1) is 18.6 Å². The van der Waals surface area contributed by atoms with E-state index in [1.54, 1.807) is 12.1 Å². The van der Waals surface area contributed by atoms with Crippen LogP contribution in [0.1, 0.15) is 41.6 Å². The van der Waals surface area contributed by atoms with Crippen molar-refractivity contribution in [2.75, 3.05) is 13.2 Å². The Hall–Kier alpha value is -2.21. The van der Waals surface area contributed by atoms with Gasteiger partial charge in [0.15, 0.2) is 5.78 Å². The first kappa shape index (κ1) is 17.1. The fourth-order valence-electron chi connectivity index (χ4n) is 2.65. The fraction of sp³-hybridized carbons (Fsp3) is 0.471. The van der Waals surface area contributed by atoms with Gasteiger partial charge in [-0.15, -0.1) is 0 Å². The Morgan fingerprint density at radius 3 is 2.48 bits per heavy atom. The van der Waals surface area contributed by atoms with Gasteiger partial charge in [0.25, 0.3) is 0 Å². The van der Waals surface area contributed by atoms with Gasteiger partial charge in [0.1, 0.15) is 0 Å². The first-order valence-electron chi connectivity index (χ1n) is 7.61. The summed E-state index contributed by atoms with van der Waals surface area (Å²) in [5.74, 6) is -1.40. The number of aryl methyl sites for hydroxylation is 1. The number of ether oxygens (including phenoxy) is 1. The molecular weight excluding hydrogens is 298 g/mol. The van der Waals surface area contributed by atoms with Gasteiger partial charge in [0, 0.05) is 25.0 Å².